The van der Waals surface area contributed by atoms with Crippen molar-refractivity contribution in [2.24, 2.45) is 5.10 Å². The highest BCUT2D eigenvalue weighted by atomic mass is 127. The van der Waals surface area contributed by atoms with E-state index in [1.807, 2.05) is 13.0 Å². The van der Waals surface area contributed by atoms with E-state index in [1.54, 1.807) is 25.3 Å². The molecule has 8 heteroatoms. The van der Waals surface area contributed by atoms with Crippen LogP contribution in [0.1, 0.15) is 12.5 Å². The normalized spacial score (nSPS) is 10.6. The summed E-state index contributed by atoms with van der Waals surface area (Å²) in [4.78, 5) is 11.8. The molecule has 0 aromatic heterocycles. The first-order valence-electron chi connectivity index (χ1n) is 7.85. The lowest BCUT2D eigenvalue weighted by Gasteiger charge is -2.12. The third-order valence-electron chi connectivity index (χ3n) is 3.24. The van der Waals surface area contributed by atoms with Gasteiger partial charge < -0.3 is 14.8 Å². The molecule has 138 valence electrons. The summed E-state index contributed by atoms with van der Waals surface area (Å²) in [6, 6.07) is 9.40. The summed E-state index contributed by atoms with van der Waals surface area (Å²) in [5, 5.41) is 6.81. The summed E-state index contributed by atoms with van der Waals surface area (Å²) in [5.74, 6) is 0.632. The lowest BCUT2D eigenvalue weighted by molar-refractivity contribution is -0.119. The summed E-state index contributed by atoms with van der Waals surface area (Å²) in [6.45, 7) is 2.46. The van der Waals surface area contributed by atoms with Gasteiger partial charge in [-0.05, 0) is 71.5 Å². The highest BCUT2D eigenvalue weighted by molar-refractivity contribution is 14.1. The molecule has 1 amide bonds. The Morgan fingerprint density at radius 2 is 2.04 bits per heavy atom. The molecule has 0 unspecified atom stereocenters. The van der Waals surface area contributed by atoms with Gasteiger partial charge in [0.2, 0.25) is 0 Å². The molecule has 6 nitrogen and oxygen atoms in total. The Bertz CT molecular complexity index is 782. The molecule has 2 N–H and O–H groups in total. The second kappa shape index (κ2) is 9.95. The van der Waals surface area contributed by atoms with E-state index in [2.05, 4.69) is 38.4 Å². The molecule has 0 aliphatic heterocycles. The SMILES string of the molecule is CCOc1c(I)cc(/C=N\NC(=O)CNc2ccc(F)cc2)cc1OC. The monoisotopic (exact) mass is 471 g/mol. The van der Waals surface area contributed by atoms with Crippen molar-refractivity contribution in [2.45, 2.75) is 6.92 Å². The van der Waals surface area contributed by atoms with Crippen LogP contribution in [0.15, 0.2) is 41.5 Å². The Kier molecular flexibility index (Phi) is 7.64. The van der Waals surface area contributed by atoms with Crippen LogP contribution >= 0.6 is 22.6 Å². The minimum Gasteiger partial charge on any atom is -0.493 e. The van der Waals surface area contributed by atoms with Crippen molar-refractivity contribution in [1.29, 1.82) is 0 Å². The lowest BCUT2D eigenvalue weighted by atomic mass is 10.2. The molecule has 0 saturated heterocycles. The molecule has 0 aliphatic carbocycles. The number of hydrogen-bond donors (Lipinski definition) is 2. The van der Waals surface area contributed by atoms with Crippen LogP contribution in [0.2, 0.25) is 0 Å². The van der Waals surface area contributed by atoms with Crippen LogP contribution in [-0.2, 0) is 4.79 Å². The summed E-state index contributed by atoms with van der Waals surface area (Å²) in [7, 11) is 1.57. The second-order valence-corrected chi connectivity index (χ2v) is 6.28. The number of ether oxygens (including phenoxy) is 2. The number of nitrogens with one attached hydrogen (secondary N) is 2. The number of nitrogens with zero attached hydrogens (tertiary/aromatic N) is 1. The number of anilines is 1. The van der Waals surface area contributed by atoms with E-state index in [9.17, 15) is 9.18 Å². The number of halogens is 2. The summed E-state index contributed by atoms with van der Waals surface area (Å²) < 4.78 is 24.6. The Labute approximate surface area is 164 Å². The Hall–Kier alpha value is -2.36. The van der Waals surface area contributed by atoms with Crippen LogP contribution < -0.4 is 20.2 Å². The number of rotatable bonds is 8. The molecule has 0 saturated carbocycles. The van der Waals surface area contributed by atoms with Crippen molar-refractivity contribution in [2.75, 3.05) is 25.6 Å². The smallest absolute Gasteiger partial charge is 0.259 e. The summed E-state index contributed by atoms with van der Waals surface area (Å²) >= 11 is 2.15. The van der Waals surface area contributed by atoms with Crippen LogP contribution in [0.25, 0.3) is 0 Å². The topological polar surface area (TPSA) is 72.0 Å². The van der Waals surface area contributed by atoms with E-state index < -0.39 is 0 Å². The predicted octanol–water partition coefficient (Wildman–Crippen LogP) is 3.40. The minimum absolute atomic E-state index is 0.0209. The molecule has 0 aliphatic rings. The maximum atomic E-state index is 12.8. The Morgan fingerprint density at radius 3 is 2.69 bits per heavy atom. The van der Waals surface area contributed by atoms with Crippen LogP contribution in [0.3, 0.4) is 0 Å². The van der Waals surface area contributed by atoms with Gasteiger partial charge in [0.15, 0.2) is 11.5 Å². The fourth-order valence-corrected chi connectivity index (χ4v) is 2.85. The number of methoxy groups -OCH3 is 1. The number of hydrazone groups is 1. The number of amides is 1. The fraction of sp³-hybridized carbons (Fsp3) is 0.222. The maximum Gasteiger partial charge on any atom is 0.259 e. The molecular weight excluding hydrogens is 452 g/mol. The molecule has 0 heterocycles. The molecule has 0 fully saturated rings. The van der Waals surface area contributed by atoms with Gasteiger partial charge in [-0.15, -0.1) is 0 Å². The van der Waals surface area contributed by atoms with E-state index in [0.717, 1.165) is 9.13 Å². The lowest BCUT2D eigenvalue weighted by Crippen LogP contribution is -2.25. The van der Waals surface area contributed by atoms with E-state index >= 15 is 0 Å². The molecule has 2 rings (SSSR count). The average molecular weight is 471 g/mol. The van der Waals surface area contributed by atoms with E-state index in [4.69, 9.17) is 9.47 Å². The van der Waals surface area contributed by atoms with Gasteiger partial charge in [0, 0.05) is 5.69 Å². The van der Waals surface area contributed by atoms with Crippen molar-refractivity contribution >= 4 is 40.4 Å². The number of carbonyl (C=O) groups excluding carboxylic acids is 1. The van der Waals surface area contributed by atoms with Gasteiger partial charge in [-0.1, -0.05) is 0 Å². The Balaban J connectivity index is 1.91. The predicted molar refractivity (Wildman–Crippen MR) is 108 cm³/mol. The van der Waals surface area contributed by atoms with Crippen LogP contribution in [0, 0.1) is 9.39 Å². The molecule has 0 atom stereocenters. The molecule has 0 spiro atoms. The van der Waals surface area contributed by atoms with Gasteiger partial charge in [0.05, 0.1) is 30.0 Å². The molecule has 2 aromatic carbocycles. The average Bonchev–Trinajstić information content (AvgIpc) is 2.63. The van der Waals surface area contributed by atoms with Crippen LogP contribution in [0.5, 0.6) is 11.5 Å². The van der Waals surface area contributed by atoms with Crippen molar-refractivity contribution in [3.05, 3.63) is 51.3 Å². The molecule has 26 heavy (non-hydrogen) atoms. The van der Waals surface area contributed by atoms with Gasteiger partial charge in [-0.3, -0.25) is 4.79 Å². The van der Waals surface area contributed by atoms with E-state index in [0.29, 0.717) is 23.8 Å². The zero-order valence-electron chi connectivity index (χ0n) is 14.4. The zero-order valence-corrected chi connectivity index (χ0v) is 16.5. The molecule has 0 bridgehead atoms. The first-order valence-corrected chi connectivity index (χ1v) is 8.93. The quantitative estimate of drug-likeness (QED) is 0.352. The van der Waals surface area contributed by atoms with Crippen molar-refractivity contribution < 1.29 is 18.7 Å². The first-order chi connectivity index (χ1) is 12.5. The summed E-state index contributed by atoms with van der Waals surface area (Å²) in [6.07, 6.45) is 1.52. The van der Waals surface area contributed by atoms with Gasteiger partial charge in [-0.25, -0.2) is 9.82 Å². The van der Waals surface area contributed by atoms with Crippen LogP contribution in [-0.4, -0.2) is 32.4 Å². The molecular formula is C18H19FIN3O3. The second-order valence-electron chi connectivity index (χ2n) is 5.12. The zero-order chi connectivity index (χ0) is 18.9. The van der Waals surface area contributed by atoms with Crippen LogP contribution in [0.4, 0.5) is 10.1 Å². The van der Waals surface area contributed by atoms with Gasteiger partial charge in [0.1, 0.15) is 5.82 Å². The fourth-order valence-electron chi connectivity index (χ4n) is 2.07. The molecule has 2 aromatic rings. The largest absolute Gasteiger partial charge is 0.493 e. The molecule has 0 radical (unpaired) electrons. The van der Waals surface area contributed by atoms with E-state index in [1.165, 1.54) is 18.3 Å². The van der Waals surface area contributed by atoms with Gasteiger partial charge in [-0.2, -0.15) is 5.10 Å². The number of benzene rings is 2. The highest BCUT2D eigenvalue weighted by Gasteiger charge is 2.10. The van der Waals surface area contributed by atoms with Crippen molar-refractivity contribution in [3.8, 4) is 11.5 Å². The van der Waals surface area contributed by atoms with Crippen molar-refractivity contribution in [3.63, 3.8) is 0 Å². The highest BCUT2D eigenvalue weighted by Crippen LogP contribution is 2.33. The number of carbonyl (C=O) groups is 1. The van der Waals surface area contributed by atoms with Gasteiger partial charge in [0.25, 0.3) is 5.91 Å². The number of hydrogen-bond acceptors (Lipinski definition) is 5. The van der Waals surface area contributed by atoms with E-state index in [-0.39, 0.29) is 18.3 Å². The Morgan fingerprint density at radius 1 is 1.31 bits per heavy atom. The van der Waals surface area contributed by atoms with Crippen molar-refractivity contribution in [1.82, 2.24) is 5.43 Å². The summed E-state index contributed by atoms with van der Waals surface area (Å²) in [5.41, 5.74) is 3.84. The minimum atomic E-state index is -0.329. The van der Waals surface area contributed by atoms with Gasteiger partial charge >= 0.3 is 0 Å². The third-order valence-corrected chi connectivity index (χ3v) is 4.04. The standard InChI is InChI=1S/C18H19FIN3O3/c1-3-26-18-15(20)8-12(9-16(18)25-2)10-22-23-17(24)11-21-14-6-4-13(19)5-7-14/h4-10,21H,3,11H2,1-2H3,(H,23,24)/b22-10-. The first kappa shape index (κ1) is 20.0. The third kappa shape index (κ3) is 5.87. The maximum absolute atomic E-state index is 12.8.